The van der Waals surface area contributed by atoms with E-state index in [1.165, 1.54) is 29.5 Å². The first-order valence-corrected chi connectivity index (χ1v) is 8.28. The molecule has 0 saturated carbocycles. The van der Waals surface area contributed by atoms with Crippen molar-refractivity contribution < 1.29 is 19.1 Å². The van der Waals surface area contributed by atoms with Gasteiger partial charge in [-0.05, 0) is 29.6 Å². The number of hydrogen-bond donors (Lipinski definition) is 2. The van der Waals surface area contributed by atoms with E-state index >= 15 is 0 Å². The van der Waals surface area contributed by atoms with Gasteiger partial charge >= 0.3 is 5.97 Å². The van der Waals surface area contributed by atoms with Crippen molar-refractivity contribution in [3.8, 4) is 12.3 Å². The van der Waals surface area contributed by atoms with E-state index in [9.17, 15) is 14.4 Å². The minimum Gasteiger partial charge on any atom is -0.452 e. The van der Waals surface area contributed by atoms with Crippen molar-refractivity contribution in [1.82, 2.24) is 5.32 Å². The zero-order chi connectivity index (χ0) is 18.2. The zero-order valence-electron chi connectivity index (χ0n) is 12.9. The minimum absolute atomic E-state index is 0.0411. The summed E-state index contributed by atoms with van der Waals surface area (Å²) in [7, 11) is 0. The van der Waals surface area contributed by atoms with Crippen LogP contribution in [-0.4, -0.2) is 30.9 Å². The average molecular weight is 377 g/mol. The van der Waals surface area contributed by atoms with E-state index in [0.29, 0.717) is 9.90 Å². The molecule has 1 aromatic heterocycles. The molecule has 8 heteroatoms. The normalized spacial score (nSPS) is 9.76. The van der Waals surface area contributed by atoms with Crippen LogP contribution in [0.1, 0.15) is 20.0 Å². The molecule has 0 aliphatic rings. The summed E-state index contributed by atoms with van der Waals surface area (Å²) < 4.78 is 4.93. The lowest BCUT2D eigenvalue weighted by Crippen LogP contribution is -2.29. The van der Waals surface area contributed by atoms with E-state index in [1.54, 1.807) is 17.5 Å². The van der Waals surface area contributed by atoms with Gasteiger partial charge in [-0.25, -0.2) is 4.79 Å². The Hall–Kier alpha value is -2.82. The molecule has 2 rings (SSSR count). The van der Waals surface area contributed by atoms with Crippen molar-refractivity contribution in [2.75, 3.05) is 18.5 Å². The van der Waals surface area contributed by atoms with E-state index in [2.05, 4.69) is 16.6 Å². The van der Waals surface area contributed by atoms with E-state index < -0.39 is 18.5 Å². The molecule has 128 valence electrons. The first kappa shape index (κ1) is 18.5. The molecule has 2 N–H and O–H groups in total. The lowest BCUT2D eigenvalue weighted by Gasteiger charge is -2.11. The largest absolute Gasteiger partial charge is 0.452 e. The molecular weight excluding hydrogens is 364 g/mol. The Kier molecular flexibility index (Phi) is 6.57. The number of terminal acetylenes is 1. The van der Waals surface area contributed by atoms with Crippen molar-refractivity contribution in [2.24, 2.45) is 0 Å². The number of ether oxygens (including phenoxy) is 1. The van der Waals surface area contributed by atoms with E-state index in [4.69, 9.17) is 22.8 Å². The number of amides is 2. The maximum absolute atomic E-state index is 12.2. The number of nitrogens with one attached hydrogen (secondary N) is 2. The van der Waals surface area contributed by atoms with Crippen molar-refractivity contribution >= 4 is 46.4 Å². The molecular formula is C17H13ClN2O4S. The van der Waals surface area contributed by atoms with Crippen LogP contribution in [0.5, 0.6) is 0 Å². The number of thiophene rings is 1. The standard InChI is InChI=1S/C17H13ClN2O4S/c1-2-7-19-15(21)10-24-17(23)12-6-5-11(18)9-13(12)20-16(22)14-4-3-8-25-14/h1,3-6,8-9H,7,10H2,(H,19,21)(H,20,22). The molecule has 1 heterocycles. The lowest BCUT2D eigenvalue weighted by atomic mass is 10.1. The maximum atomic E-state index is 12.2. The third kappa shape index (κ3) is 5.35. The highest BCUT2D eigenvalue weighted by Crippen LogP contribution is 2.23. The van der Waals surface area contributed by atoms with Crippen LogP contribution in [0.25, 0.3) is 0 Å². The zero-order valence-corrected chi connectivity index (χ0v) is 14.4. The summed E-state index contributed by atoms with van der Waals surface area (Å²) in [5, 5.41) is 7.09. The quantitative estimate of drug-likeness (QED) is 0.599. The molecule has 2 amide bonds. The second-order valence-corrected chi connectivity index (χ2v) is 6.06. The molecule has 2 aromatic rings. The molecule has 0 saturated heterocycles. The number of carbonyl (C=O) groups is 3. The van der Waals surface area contributed by atoms with Gasteiger partial charge in [0, 0.05) is 5.02 Å². The fourth-order valence-corrected chi connectivity index (χ4v) is 2.59. The van der Waals surface area contributed by atoms with Crippen LogP contribution in [0.4, 0.5) is 5.69 Å². The van der Waals surface area contributed by atoms with Gasteiger partial charge in [-0.3, -0.25) is 9.59 Å². The summed E-state index contributed by atoms with van der Waals surface area (Å²) in [6.45, 7) is -0.444. The number of rotatable bonds is 6. The van der Waals surface area contributed by atoms with Gasteiger partial charge in [0.25, 0.3) is 11.8 Å². The summed E-state index contributed by atoms with van der Waals surface area (Å²) >= 11 is 7.19. The van der Waals surface area contributed by atoms with Gasteiger partial charge in [0.2, 0.25) is 0 Å². The monoisotopic (exact) mass is 376 g/mol. The van der Waals surface area contributed by atoms with Crippen molar-refractivity contribution in [2.45, 2.75) is 0 Å². The number of hydrogen-bond acceptors (Lipinski definition) is 5. The molecule has 0 spiro atoms. The fraction of sp³-hybridized carbons (Fsp3) is 0.118. The summed E-state index contributed by atoms with van der Waals surface area (Å²) in [6, 6.07) is 7.72. The SMILES string of the molecule is C#CCNC(=O)COC(=O)c1ccc(Cl)cc1NC(=O)c1cccs1. The molecule has 1 aromatic carbocycles. The molecule has 0 aliphatic heterocycles. The second kappa shape index (κ2) is 8.87. The summed E-state index contributed by atoms with van der Waals surface area (Å²) in [6.07, 6.45) is 5.02. The number of esters is 1. The predicted molar refractivity (Wildman–Crippen MR) is 95.8 cm³/mol. The van der Waals surface area contributed by atoms with Crippen LogP contribution in [0.2, 0.25) is 5.02 Å². The summed E-state index contributed by atoms with van der Waals surface area (Å²) in [5.41, 5.74) is 0.277. The van der Waals surface area contributed by atoms with Gasteiger partial charge in [-0.2, -0.15) is 0 Å². The maximum Gasteiger partial charge on any atom is 0.340 e. The third-order valence-electron chi connectivity index (χ3n) is 2.92. The Labute approximate surface area is 153 Å². The Bertz CT molecular complexity index is 828. The Morgan fingerprint density at radius 1 is 1.28 bits per heavy atom. The summed E-state index contributed by atoms with van der Waals surface area (Å²) in [5.74, 6) is 0.565. The number of anilines is 1. The number of benzene rings is 1. The van der Waals surface area contributed by atoms with Crippen LogP contribution in [-0.2, 0) is 9.53 Å². The molecule has 0 unspecified atom stereocenters. The Balaban J connectivity index is 2.09. The summed E-state index contributed by atoms with van der Waals surface area (Å²) in [4.78, 5) is 36.3. The highest BCUT2D eigenvalue weighted by atomic mass is 35.5. The average Bonchev–Trinajstić information content (AvgIpc) is 3.12. The molecule has 0 fully saturated rings. The third-order valence-corrected chi connectivity index (χ3v) is 4.02. The number of carbonyl (C=O) groups excluding carboxylic acids is 3. The minimum atomic E-state index is -0.769. The van der Waals surface area contributed by atoms with Gasteiger partial charge in [0.05, 0.1) is 22.7 Å². The van der Waals surface area contributed by atoms with Gasteiger partial charge < -0.3 is 15.4 Å². The Morgan fingerprint density at radius 2 is 2.08 bits per heavy atom. The van der Waals surface area contributed by atoms with Gasteiger partial charge in [-0.1, -0.05) is 23.6 Å². The smallest absolute Gasteiger partial charge is 0.340 e. The van der Waals surface area contributed by atoms with Gasteiger partial charge in [0.15, 0.2) is 6.61 Å². The van der Waals surface area contributed by atoms with Crippen molar-refractivity contribution in [3.63, 3.8) is 0 Å². The highest BCUT2D eigenvalue weighted by molar-refractivity contribution is 7.12. The van der Waals surface area contributed by atoms with Crippen LogP contribution in [0.15, 0.2) is 35.7 Å². The Morgan fingerprint density at radius 3 is 2.76 bits per heavy atom. The second-order valence-electron chi connectivity index (χ2n) is 4.68. The fourth-order valence-electron chi connectivity index (χ4n) is 1.80. The topological polar surface area (TPSA) is 84.5 Å². The van der Waals surface area contributed by atoms with Crippen LogP contribution in [0, 0.1) is 12.3 Å². The predicted octanol–water partition coefficient (Wildman–Crippen LogP) is 2.56. The van der Waals surface area contributed by atoms with E-state index in [0.717, 1.165) is 0 Å². The van der Waals surface area contributed by atoms with Crippen LogP contribution >= 0.6 is 22.9 Å². The molecule has 0 aliphatic carbocycles. The molecule has 0 atom stereocenters. The first-order chi connectivity index (χ1) is 12.0. The lowest BCUT2D eigenvalue weighted by molar-refractivity contribution is -0.123. The van der Waals surface area contributed by atoms with E-state index in [1.807, 2.05) is 0 Å². The van der Waals surface area contributed by atoms with Gasteiger partial charge in [-0.15, -0.1) is 17.8 Å². The highest BCUT2D eigenvalue weighted by Gasteiger charge is 2.17. The van der Waals surface area contributed by atoms with Gasteiger partial charge in [0.1, 0.15) is 0 Å². The van der Waals surface area contributed by atoms with Crippen LogP contribution in [0.3, 0.4) is 0 Å². The number of halogens is 1. The molecule has 25 heavy (non-hydrogen) atoms. The van der Waals surface area contributed by atoms with Crippen molar-refractivity contribution in [1.29, 1.82) is 0 Å². The van der Waals surface area contributed by atoms with Crippen molar-refractivity contribution in [3.05, 3.63) is 51.2 Å². The first-order valence-electron chi connectivity index (χ1n) is 7.03. The molecule has 0 radical (unpaired) electrons. The molecule has 0 bridgehead atoms. The van der Waals surface area contributed by atoms with Crippen LogP contribution < -0.4 is 10.6 Å². The molecule has 6 nitrogen and oxygen atoms in total. The van der Waals surface area contributed by atoms with E-state index in [-0.39, 0.29) is 23.7 Å².